The van der Waals surface area contributed by atoms with E-state index in [1.54, 1.807) is 0 Å². The zero-order chi connectivity index (χ0) is 17.1. The Hall–Kier alpha value is -1.34. The third-order valence-corrected chi connectivity index (χ3v) is 5.45. The minimum absolute atomic E-state index is 0.00921. The van der Waals surface area contributed by atoms with Crippen molar-refractivity contribution in [1.29, 1.82) is 0 Å². The van der Waals surface area contributed by atoms with E-state index in [1.165, 1.54) is 12.3 Å². The highest BCUT2D eigenvalue weighted by Crippen LogP contribution is 2.13. The Labute approximate surface area is 133 Å². The SMILES string of the molecule is CC(C)[C@H](C)NS(=O)(=O)c1c[nH]c(C(=O)N[C@H](C)C(C)C)c1. The summed E-state index contributed by atoms with van der Waals surface area (Å²) in [5.74, 6) is 0.179. The average molecular weight is 329 g/mol. The van der Waals surface area contributed by atoms with Crippen LogP contribution in [0.4, 0.5) is 0 Å². The maximum absolute atomic E-state index is 12.3. The zero-order valence-corrected chi connectivity index (χ0v) is 14.9. The Morgan fingerprint density at radius 2 is 1.59 bits per heavy atom. The van der Waals surface area contributed by atoms with Crippen molar-refractivity contribution in [3.8, 4) is 0 Å². The fraction of sp³-hybridized carbons (Fsp3) is 0.667. The van der Waals surface area contributed by atoms with Gasteiger partial charge in [0.25, 0.3) is 5.91 Å². The number of rotatable bonds is 7. The van der Waals surface area contributed by atoms with E-state index in [1.807, 2.05) is 41.5 Å². The highest BCUT2D eigenvalue weighted by Gasteiger charge is 2.22. The molecule has 1 aromatic heterocycles. The van der Waals surface area contributed by atoms with E-state index in [4.69, 9.17) is 0 Å². The number of amides is 1. The van der Waals surface area contributed by atoms with Crippen molar-refractivity contribution in [2.24, 2.45) is 11.8 Å². The summed E-state index contributed by atoms with van der Waals surface area (Å²) in [6.07, 6.45) is 1.34. The third kappa shape index (κ3) is 4.84. The number of hydrogen-bond donors (Lipinski definition) is 3. The van der Waals surface area contributed by atoms with Crippen LogP contribution in [0, 0.1) is 11.8 Å². The molecule has 7 heteroatoms. The second-order valence-electron chi connectivity index (χ2n) is 6.41. The van der Waals surface area contributed by atoms with Gasteiger partial charge in [0.15, 0.2) is 0 Å². The van der Waals surface area contributed by atoms with Gasteiger partial charge in [-0.3, -0.25) is 4.79 Å². The normalized spacial score (nSPS) is 15.1. The lowest BCUT2D eigenvalue weighted by Gasteiger charge is -2.17. The van der Waals surface area contributed by atoms with E-state index in [2.05, 4.69) is 15.0 Å². The summed E-state index contributed by atoms with van der Waals surface area (Å²) in [4.78, 5) is 14.9. The van der Waals surface area contributed by atoms with E-state index < -0.39 is 10.0 Å². The molecule has 0 radical (unpaired) electrons. The Morgan fingerprint density at radius 3 is 2.09 bits per heavy atom. The van der Waals surface area contributed by atoms with Crippen molar-refractivity contribution in [2.45, 2.75) is 58.5 Å². The van der Waals surface area contributed by atoms with Crippen molar-refractivity contribution >= 4 is 15.9 Å². The first kappa shape index (κ1) is 18.7. The maximum atomic E-state index is 12.3. The zero-order valence-electron chi connectivity index (χ0n) is 14.1. The van der Waals surface area contributed by atoms with Crippen molar-refractivity contribution in [2.75, 3.05) is 0 Å². The van der Waals surface area contributed by atoms with Crippen LogP contribution >= 0.6 is 0 Å². The smallest absolute Gasteiger partial charge is 0.267 e. The standard InChI is InChI=1S/C15H27N3O3S/c1-9(2)11(5)17-15(19)14-7-13(8-16-14)22(20,21)18-12(6)10(3)4/h7-12,16,18H,1-6H3,(H,17,19)/t11-,12+/m1/s1. The Morgan fingerprint density at radius 1 is 1.05 bits per heavy atom. The summed E-state index contributed by atoms with van der Waals surface area (Å²) >= 11 is 0. The van der Waals surface area contributed by atoms with E-state index in [-0.39, 0.29) is 34.5 Å². The van der Waals surface area contributed by atoms with Gasteiger partial charge in [-0.05, 0) is 31.7 Å². The van der Waals surface area contributed by atoms with Crippen LogP contribution in [-0.4, -0.2) is 31.4 Å². The third-order valence-electron chi connectivity index (χ3n) is 3.91. The van der Waals surface area contributed by atoms with Gasteiger partial charge in [0, 0.05) is 18.3 Å². The van der Waals surface area contributed by atoms with E-state index in [0.29, 0.717) is 5.92 Å². The first-order valence-corrected chi connectivity index (χ1v) is 9.04. The monoisotopic (exact) mass is 329 g/mol. The van der Waals surface area contributed by atoms with Gasteiger partial charge in [-0.2, -0.15) is 0 Å². The number of carbonyl (C=O) groups is 1. The lowest BCUT2D eigenvalue weighted by atomic mass is 10.1. The lowest BCUT2D eigenvalue weighted by molar-refractivity contribution is 0.0926. The van der Waals surface area contributed by atoms with E-state index in [9.17, 15) is 13.2 Å². The van der Waals surface area contributed by atoms with Gasteiger partial charge in [-0.25, -0.2) is 13.1 Å². The first-order valence-electron chi connectivity index (χ1n) is 7.56. The van der Waals surface area contributed by atoms with Gasteiger partial charge < -0.3 is 10.3 Å². The molecule has 1 heterocycles. The minimum atomic E-state index is -3.62. The molecular formula is C15H27N3O3S. The number of carbonyl (C=O) groups excluding carboxylic acids is 1. The van der Waals surface area contributed by atoms with Crippen LogP contribution < -0.4 is 10.0 Å². The molecule has 2 atom stereocenters. The predicted molar refractivity (Wildman–Crippen MR) is 87.2 cm³/mol. The number of sulfonamides is 1. The molecule has 0 saturated heterocycles. The van der Waals surface area contributed by atoms with Crippen LogP contribution in [0.25, 0.3) is 0 Å². The molecule has 1 aromatic rings. The first-order chi connectivity index (χ1) is 10.0. The molecule has 0 fully saturated rings. The van der Waals surface area contributed by atoms with Crippen LogP contribution in [0.2, 0.25) is 0 Å². The Bertz CT molecular complexity index is 605. The molecule has 0 unspecified atom stereocenters. The summed E-state index contributed by atoms with van der Waals surface area (Å²) in [5.41, 5.74) is 0.241. The molecule has 0 bridgehead atoms. The summed E-state index contributed by atoms with van der Waals surface area (Å²) in [6.45, 7) is 11.6. The second kappa shape index (κ2) is 7.28. The predicted octanol–water partition coefficient (Wildman–Crippen LogP) is 2.11. The second-order valence-corrected chi connectivity index (χ2v) is 8.12. The molecule has 0 aliphatic rings. The van der Waals surface area contributed by atoms with Crippen molar-refractivity contribution in [1.82, 2.24) is 15.0 Å². The highest BCUT2D eigenvalue weighted by atomic mass is 32.2. The van der Waals surface area contributed by atoms with Gasteiger partial charge >= 0.3 is 0 Å². The molecule has 0 aliphatic carbocycles. The van der Waals surface area contributed by atoms with Crippen LogP contribution in [0.1, 0.15) is 52.0 Å². The van der Waals surface area contributed by atoms with Gasteiger partial charge in [-0.15, -0.1) is 0 Å². The minimum Gasteiger partial charge on any atom is -0.356 e. The molecule has 0 spiro atoms. The number of H-pyrrole nitrogens is 1. The van der Waals surface area contributed by atoms with Crippen LogP contribution in [0.15, 0.2) is 17.2 Å². The topological polar surface area (TPSA) is 91.1 Å². The summed E-state index contributed by atoms with van der Waals surface area (Å²) in [7, 11) is -3.62. The van der Waals surface area contributed by atoms with E-state index >= 15 is 0 Å². The maximum Gasteiger partial charge on any atom is 0.267 e. The van der Waals surface area contributed by atoms with Crippen LogP contribution in [-0.2, 0) is 10.0 Å². The summed E-state index contributed by atoms with van der Waals surface area (Å²) in [5, 5.41) is 2.83. The number of nitrogens with one attached hydrogen (secondary N) is 3. The van der Waals surface area contributed by atoms with Gasteiger partial charge in [0.05, 0.1) is 0 Å². The van der Waals surface area contributed by atoms with Gasteiger partial charge in [0.2, 0.25) is 10.0 Å². The summed E-state index contributed by atoms with van der Waals surface area (Å²) < 4.78 is 27.1. The molecule has 3 N–H and O–H groups in total. The molecule has 1 amide bonds. The van der Waals surface area contributed by atoms with E-state index in [0.717, 1.165) is 0 Å². The van der Waals surface area contributed by atoms with Crippen molar-refractivity contribution in [3.05, 3.63) is 18.0 Å². The Kier molecular flexibility index (Phi) is 6.19. The molecule has 1 rings (SSSR count). The molecule has 0 aliphatic heterocycles. The molecule has 0 aromatic carbocycles. The van der Waals surface area contributed by atoms with Crippen LogP contribution in [0.3, 0.4) is 0 Å². The fourth-order valence-electron chi connectivity index (χ4n) is 1.56. The molecule has 6 nitrogen and oxygen atoms in total. The largest absolute Gasteiger partial charge is 0.356 e. The average Bonchev–Trinajstić information content (AvgIpc) is 2.88. The summed E-state index contributed by atoms with van der Waals surface area (Å²) in [6, 6.07) is 1.19. The number of aromatic nitrogens is 1. The molecule has 22 heavy (non-hydrogen) atoms. The quantitative estimate of drug-likeness (QED) is 0.715. The van der Waals surface area contributed by atoms with Gasteiger partial charge in [-0.1, -0.05) is 27.7 Å². The Balaban J connectivity index is 2.85. The number of hydrogen-bond acceptors (Lipinski definition) is 3. The van der Waals surface area contributed by atoms with Gasteiger partial charge in [0.1, 0.15) is 10.6 Å². The molecular weight excluding hydrogens is 302 g/mol. The van der Waals surface area contributed by atoms with Crippen molar-refractivity contribution < 1.29 is 13.2 Å². The molecule has 0 saturated carbocycles. The fourth-order valence-corrected chi connectivity index (χ4v) is 2.95. The lowest BCUT2D eigenvalue weighted by Crippen LogP contribution is -2.36. The van der Waals surface area contributed by atoms with Crippen LogP contribution in [0.5, 0.6) is 0 Å². The number of aromatic amines is 1. The highest BCUT2D eigenvalue weighted by molar-refractivity contribution is 7.89. The van der Waals surface area contributed by atoms with Crippen molar-refractivity contribution in [3.63, 3.8) is 0 Å². The molecule has 126 valence electrons.